The van der Waals surface area contributed by atoms with Gasteiger partial charge in [-0.25, -0.2) is 14.4 Å². The van der Waals surface area contributed by atoms with Gasteiger partial charge < -0.3 is 21.4 Å². The van der Waals surface area contributed by atoms with Gasteiger partial charge in [0.15, 0.2) is 5.82 Å². The number of fused-ring (bicyclic) bond motifs is 1. The van der Waals surface area contributed by atoms with Crippen LogP contribution in [0.25, 0.3) is 16.6 Å². The molecule has 2 aliphatic rings. The van der Waals surface area contributed by atoms with E-state index in [1.165, 1.54) is 19.1 Å². The highest BCUT2D eigenvalue weighted by molar-refractivity contribution is 6.08. The van der Waals surface area contributed by atoms with E-state index < -0.39 is 5.67 Å². The van der Waals surface area contributed by atoms with Gasteiger partial charge >= 0.3 is 0 Å². The molecule has 4 N–H and O–H groups in total. The highest BCUT2D eigenvalue weighted by atomic mass is 19.1. The van der Waals surface area contributed by atoms with Gasteiger partial charge in [0.2, 0.25) is 0 Å². The number of aromatic nitrogens is 3. The van der Waals surface area contributed by atoms with Crippen molar-refractivity contribution in [1.82, 2.24) is 25.6 Å². The van der Waals surface area contributed by atoms with E-state index in [4.69, 9.17) is 5.41 Å². The molecule has 2 aromatic rings. The number of alkyl halides is 1. The van der Waals surface area contributed by atoms with Gasteiger partial charge in [0.1, 0.15) is 11.2 Å². The van der Waals surface area contributed by atoms with Gasteiger partial charge in [0.25, 0.3) is 0 Å². The Labute approximate surface area is 170 Å². The molecular weight excluding hydrogens is 369 g/mol. The number of piperidine rings is 1. The van der Waals surface area contributed by atoms with Crippen LogP contribution in [-0.2, 0) is 0 Å². The highest BCUT2D eigenvalue weighted by Crippen LogP contribution is 2.26. The van der Waals surface area contributed by atoms with Crippen molar-refractivity contribution in [2.45, 2.75) is 50.2 Å². The van der Waals surface area contributed by atoms with Gasteiger partial charge in [-0.2, -0.15) is 0 Å². The van der Waals surface area contributed by atoms with Crippen LogP contribution in [0.4, 0.5) is 10.2 Å². The maximum atomic E-state index is 15.0. The fraction of sp³-hybridized carbons (Fsp3) is 0.524. The lowest BCUT2D eigenvalue weighted by molar-refractivity contribution is 0.137. The number of allylic oxidation sites excluding steroid dienone is 1. The summed E-state index contributed by atoms with van der Waals surface area (Å²) in [6.07, 6.45) is 12.5. The zero-order chi connectivity index (χ0) is 20.1. The molecule has 2 fully saturated rings. The summed E-state index contributed by atoms with van der Waals surface area (Å²) in [6.45, 7) is 1.35. The minimum Gasteiger partial charge on any atom is -0.388 e. The molecule has 1 unspecified atom stereocenters. The fourth-order valence-electron chi connectivity index (χ4n) is 4.06. The van der Waals surface area contributed by atoms with Gasteiger partial charge in [0.05, 0.1) is 17.8 Å². The summed E-state index contributed by atoms with van der Waals surface area (Å²) in [7, 11) is 0. The summed E-state index contributed by atoms with van der Waals surface area (Å²) < 4.78 is 15.0. The van der Waals surface area contributed by atoms with Crippen LogP contribution in [0.1, 0.15) is 44.2 Å². The fourth-order valence-corrected chi connectivity index (χ4v) is 4.06. The quantitative estimate of drug-likeness (QED) is 0.536. The van der Waals surface area contributed by atoms with E-state index in [0.717, 1.165) is 25.8 Å². The number of nitrogens with one attached hydrogen (secondary N) is 4. The lowest BCUT2D eigenvalue weighted by Crippen LogP contribution is -2.46. The molecule has 8 heteroatoms. The topological polar surface area (TPSA) is 98.6 Å². The Hall–Kier alpha value is -2.61. The first kappa shape index (κ1) is 19.7. The molecule has 1 saturated carbocycles. The highest BCUT2D eigenvalue weighted by Gasteiger charge is 2.31. The molecule has 1 aliphatic carbocycles. The molecule has 0 radical (unpaired) electrons. The molecular formula is C21H28FN7. The Balaban J connectivity index is 1.60. The van der Waals surface area contributed by atoms with Crippen molar-refractivity contribution in [3.63, 3.8) is 0 Å². The molecule has 0 amide bonds. The zero-order valence-corrected chi connectivity index (χ0v) is 16.5. The van der Waals surface area contributed by atoms with Crippen molar-refractivity contribution in [3.8, 4) is 0 Å². The van der Waals surface area contributed by atoms with Crippen LogP contribution in [0.3, 0.4) is 0 Å². The third-order valence-corrected chi connectivity index (χ3v) is 5.73. The molecule has 29 heavy (non-hydrogen) atoms. The van der Waals surface area contributed by atoms with Gasteiger partial charge in [-0.05, 0) is 38.3 Å². The average Bonchev–Trinajstić information content (AvgIpc) is 3.27. The molecule has 0 spiro atoms. The van der Waals surface area contributed by atoms with Crippen molar-refractivity contribution < 1.29 is 4.39 Å². The Morgan fingerprint density at radius 2 is 2.10 bits per heavy atom. The second-order valence-electron chi connectivity index (χ2n) is 7.96. The van der Waals surface area contributed by atoms with Gasteiger partial charge in [0, 0.05) is 43.0 Å². The smallest absolute Gasteiger partial charge is 0.155 e. The van der Waals surface area contributed by atoms with Gasteiger partial charge in [-0.15, -0.1) is 0 Å². The van der Waals surface area contributed by atoms with Crippen LogP contribution in [0.5, 0.6) is 0 Å². The third-order valence-electron chi connectivity index (χ3n) is 5.73. The molecule has 0 bridgehead atoms. The number of pyridine rings is 1. The molecule has 2 aromatic heterocycles. The maximum absolute atomic E-state index is 15.0. The first-order chi connectivity index (χ1) is 14.2. The normalized spacial score (nSPS) is 23.3. The average molecular weight is 398 g/mol. The lowest BCUT2D eigenvalue weighted by atomic mass is 9.96. The lowest BCUT2D eigenvalue weighted by Gasteiger charge is -2.30. The Morgan fingerprint density at radius 3 is 2.86 bits per heavy atom. The maximum Gasteiger partial charge on any atom is 0.155 e. The minimum atomic E-state index is -1.31. The number of anilines is 1. The van der Waals surface area contributed by atoms with E-state index in [-0.39, 0.29) is 6.54 Å². The van der Waals surface area contributed by atoms with Gasteiger partial charge in [-0.3, -0.25) is 4.98 Å². The van der Waals surface area contributed by atoms with Crippen LogP contribution < -0.4 is 16.0 Å². The van der Waals surface area contributed by atoms with Crippen LogP contribution in [0.2, 0.25) is 0 Å². The molecule has 154 valence electrons. The second kappa shape index (κ2) is 8.82. The van der Waals surface area contributed by atoms with Gasteiger partial charge in [-0.1, -0.05) is 12.8 Å². The SMILES string of the molecule is N=C/C(=C\NC1CCCC1)c1cc2nccnc2c(NCC2(F)CCCNC2)n1. The number of hydrogen-bond acceptors (Lipinski definition) is 7. The molecule has 3 heterocycles. The van der Waals surface area contributed by atoms with Crippen LogP contribution >= 0.6 is 0 Å². The van der Waals surface area contributed by atoms with Crippen LogP contribution in [-0.4, -0.2) is 52.5 Å². The standard InChI is InChI=1S/C21H28FN7/c22-21(6-3-7-24-13-21)14-28-20-19-18(25-8-9-26-19)10-17(29-20)15(11-23)12-27-16-4-1-2-5-16/h8-12,16,23-24,27H,1-7,13-14H2,(H,28,29)/b15-12+,23-11?. The number of halogens is 1. The molecule has 0 aromatic carbocycles. The summed E-state index contributed by atoms with van der Waals surface area (Å²) in [6, 6.07) is 2.28. The Kier molecular flexibility index (Phi) is 5.99. The van der Waals surface area contributed by atoms with Crippen LogP contribution in [0.15, 0.2) is 24.7 Å². The van der Waals surface area contributed by atoms with E-state index in [2.05, 4.69) is 30.9 Å². The van der Waals surface area contributed by atoms with E-state index in [0.29, 0.717) is 47.1 Å². The minimum absolute atomic E-state index is 0.159. The van der Waals surface area contributed by atoms with Crippen molar-refractivity contribution in [2.75, 3.05) is 25.0 Å². The first-order valence-corrected chi connectivity index (χ1v) is 10.4. The summed E-state index contributed by atoms with van der Waals surface area (Å²) in [5, 5.41) is 17.5. The number of hydrogen-bond donors (Lipinski definition) is 4. The molecule has 7 nitrogen and oxygen atoms in total. The molecule has 1 saturated heterocycles. The predicted molar refractivity (Wildman–Crippen MR) is 114 cm³/mol. The van der Waals surface area contributed by atoms with Crippen LogP contribution in [0, 0.1) is 5.41 Å². The van der Waals surface area contributed by atoms with E-state index in [1.54, 1.807) is 12.4 Å². The van der Waals surface area contributed by atoms with Crippen molar-refractivity contribution in [3.05, 3.63) is 30.4 Å². The Bertz CT molecular complexity index is 886. The first-order valence-electron chi connectivity index (χ1n) is 10.4. The second-order valence-corrected chi connectivity index (χ2v) is 7.96. The summed E-state index contributed by atoms with van der Waals surface area (Å²) >= 11 is 0. The zero-order valence-electron chi connectivity index (χ0n) is 16.5. The monoisotopic (exact) mass is 397 g/mol. The molecule has 1 aliphatic heterocycles. The molecule has 1 atom stereocenters. The van der Waals surface area contributed by atoms with E-state index in [1.807, 2.05) is 12.3 Å². The van der Waals surface area contributed by atoms with E-state index in [9.17, 15) is 0 Å². The predicted octanol–water partition coefficient (Wildman–Crippen LogP) is 3.05. The number of rotatable bonds is 7. The number of nitrogens with zero attached hydrogens (tertiary/aromatic N) is 3. The largest absolute Gasteiger partial charge is 0.388 e. The van der Waals surface area contributed by atoms with Crippen molar-refractivity contribution >= 4 is 28.6 Å². The third kappa shape index (κ3) is 4.70. The summed E-state index contributed by atoms with van der Waals surface area (Å²) in [4.78, 5) is 13.5. The van der Waals surface area contributed by atoms with Crippen molar-refractivity contribution in [1.29, 1.82) is 5.41 Å². The molecule has 4 rings (SSSR count). The Morgan fingerprint density at radius 1 is 1.28 bits per heavy atom. The van der Waals surface area contributed by atoms with Crippen molar-refractivity contribution in [2.24, 2.45) is 0 Å². The van der Waals surface area contributed by atoms with E-state index >= 15 is 4.39 Å². The summed E-state index contributed by atoms with van der Waals surface area (Å²) in [5.74, 6) is 0.502. The summed E-state index contributed by atoms with van der Waals surface area (Å²) in [5.41, 5.74) is 1.26.